The first kappa shape index (κ1) is 35.2. The van der Waals surface area contributed by atoms with Crippen molar-refractivity contribution >= 4 is 96.1 Å². The van der Waals surface area contributed by atoms with E-state index in [0.29, 0.717) is 17.5 Å². The second kappa shape index (κ2) is 12.1. The number of benzene rings is 5. The molecular formula is C26H20N6O13S4. The van der Waals surface area contributed by atoms with Crippen LogP contribution in [0, 0.1) is 0 Å². The average molecular weight is 753 g/mol. The van der Waals surface area contributed by atoms with Crippen LogP contribution >= 0.6 is 0 Å². The molecule has 0 heterocycles. The molecule has 0 radical (unpaired) electrons. The minimum Gasteiger partial charge on any atom is -0.505 e. The van der Waals surface area contributed by atoms with Crippen LogP contribution < -0.4 is 11.5 Å². The Kier molecular flexibility index (Phi) is 8.67. The number of hydrogen-bond donors (Lipinski definition) is 7. The van der Waals surface area contributed by atoms with Crippen LogP contribution in [0.5, 0.6) is 5.75 Å². The molecule has 0 aromatic heterocycles. The predicted molar refractivity (Wildman–Crippen MR) is 172 cm³/mol. The Labute approximate surface area is 276 Å². The van der Waals surface area contributed by atoms with Crippen molar-refractivity contribution in [1.82, 2.24) is 0 Å². The fourth-order valence-electron chi connectivity index (χ4n) is 4.67. The van der Waals surface area contributed by atoms with Gasteiger partial charge in [-0.05, 0) is 59.3 Å². The van der Waals surface area contributed by atoms with Gasteiger partial charge in [0.05, 0.1) is 16.8 Å². The summed E-state index contributed by atoms with van der Waals surface area (Å²) in [5, 5.41) is 25.3. The molecule has 0 aliphatic rings. The zero-order valence-corrected chi connectivity index (χ0v) is 27.2. The highest BCUT2D eigenvalue weighted by Gasteiger charge is 2.28. The quantitative estimate of drug-likeness (QED) is 0.0642. The number of hydrogen-bond acceptors (Lipinski definition) is 15. The topological polar surface area (TPSA) is 339 Å². The van der Waals surface area contributed by atoms with Crippen LogP contribution in [0.3, 0.4) is 0 Å². The molecule has 256 valence electrons. The highest BCUT2D eigenvalue weighted by atomic mass is 32.2. The number of phenols is 1. The van der Waals surface area contributed by atoms with Crippen LogP contribution in [0.4, 0.5) is 34.1 Å². The molecule has 49 heavy (non-hydrogen) atoms. The van der Waals surface area contributed by atoms with Crippen molar-refractivity contribution in [3.05, 3.63) is 66.7 Å². The summed E-state index contributed by atoms with van der Waals surface area (Å²) in [5.74, 6) is -1.16. The van der Waals surface area contributed by atoms with Crippen molar-refractivity contribution in [2.75, 3.05) is 11.5 Å². The molecule has 5 rings (SSSR count). The van der Waals surface area contributed by atoms with Gasteiger partial charge >= 0.3 is 0 Å². The predicted octanol–water partition coefficient (Wildman–Crippen LogP) is 4.68. The zero-order valence-electron chi connectivity index (χ0n) is 23.9. The molecule has 5 aromatic carbocycles. The lowest BCUT2D eigenvalue weighted by molar-refractivity contribution is 0.472. The van der Waals surface area contributed by atoms with Crippen molar-refractivity contribution in [2.24, 2.45) is 20.5 Å². The fourth-order valence-corrected chi connectivity index (χ4v) is 7.30. The molecular weight excluding hydrogens is 733 g/mol. The van der Waals surface area contributed by atoms with Crippen LogP contribution in [0.15, 0.2) is 107 Å². The van der Waals surface area contributed by atoms with Crippen molar-refractivity contribution in [3.8, 4) is 5.75 Å². The Balaban J connectivity index is 1.78. The molecule has 0 amide bonds. The maximum Gasteiger partial charge on any atom is 0.296 e. The van der Waals surface area contributed by atoms with E-state index in [2.05, 4.69) is 20.5 Å². The second-order valence-electron chi connectivity index (χ2n) is 10.00. The molecule has 0 aliphatic carbocycles. The first-order valence-electron chi connectivity index (χ1n) is 12.9. The maximum absolute atomic E-state index is 12.4. The van der Waals surface area contributed by atoms with Gasteiger partial charge in [0.15, 0.2) is 5.75 Å². The molecule has 0 saturated heterocycles. The molecule has 5 aromatic rings. The maximum atomic E-state index is 12.4. The van der Waals surface area contributed by atoms with E-state index >= 15 is 0 Å². The van der Waals surface area contributed by atoms with Gasteiger partial charge in [-0.3, -0.25) is 18.2 Å². The van der Waals surface area contributed by atoms with Crippen molar-refractivity contribution in [3.63, 3.8) is 0 Å². The van der Waals surface area contributed by atoms with E-state index in [-0.39, 0.29) is 16.8 Å². The van der Waals surface area contributed by atoms with Gasteiger partial charge in [-0.15, -0.1) is 15.3 Å². The minimum absolute atomic E-state index is 0.00524. The summed E-state index contributed by atoms with van der Waals surface area (Å²) in [7, 11) is -20.1. The SMILES string of the molecule is Nc1ccc(S(=O)(=O)O)c(N=Nc2c(S(=O)(=O)O)cc3cc(S(=O)(=O)O)c(N=Nc4ccc5cccc(S(=O)(=O)O)c5c4)c(N)c3c2O)c1. The number of azo groups is 2. The molecule has 0 saturated carbocycles. The van der Waals surface area contributed by atoms with Gasteiger partial charge in [-0.2, -0.15) is 38.8 Å². The van der Waals surface area contributed by atoms with Crippen LogP contribution in [-0.2, 0) is 40.5 Å². The van der Waals surface area contributed by atoms with Gasteiger partial charge in [0.1, 0.15) is 36.6 Å². The summed E-state index contributed by atoms with van der Waals surface area (Å²) in [5.41, 5.74) is 8.42. The Morgan fingerprint density at radius 3 is 1.69 bits per heavy atom. The zero-order chi connectivity index (χ0) is 36.3. The second-order valence-corrected chi connectivity index (χ2v) is 15.6. The van der Waals surface area contributed by atoms with Gasteiger partial charge in [0.25, 0.3) is 40.5 Å². The van der Waals surface area contributed by atoms with E-state index in [1.54, 1.807) is 0 Å². The van der Waals surface area contributed by atoms with E-state index < -0.39 is 99.3 Å². The number of rotatable bonds is 8. The third-order valence-corrected chi connectivity index (χ3v) is 10.3. The van der Waals surface area contributed by atoms with E-state index in [4.69, 9.17) is 11.5 Å². The number of aromatic hydroxyl groups is 1. The number of phenolic OH excluding ortho intramolecular Hbond substituents is 1. The lowest BCUT2D eigenvalue weighted by Gasteiger charge is -2.14. The van der Waals surface area contributed by atoms with E-state index in [1.165, 1.54) is 30.3 Å². The summed E-state index contributed by atoms with van der Waals surface area (Å²) in [6, 6.07) is 12.0. The summed E-state index contributed by atoms with van der Waals surface area (Å²) >= 11 is 0. The first-order valence-corrected chi connectivity index (χ1v) is 18.6. The Morgan fingerprint density at radius 1 is 0.531 bits per heavy atom. The Hall–Kier alpha value is -5.14. The van der Waals surface area contributed by atoms with E-state index in [9.17, 15) is 57.0 Å². The molecule has 23 heteroatoms. The number of anilines is 2. The summed E-state index contributed by atoms with van der Waals surface area (Å²) in [4.78, 5) is -3.53. The molecule has 0 fully saturated rings. The van der Waals surface area contributed by atoms with Crippen LogP contribution in [0.25, 0.3) is 21.5 Å². The molecule has 0 aliphatic heterocycles. The molecule has 0 atom stereocenters. The molecule has 0 spiro atoms. The van der Waals surface area contributed by atoms with Crippen LogP contribution in [0.2, 0.25) is 0 Å². The lowest BCUT2D eigenvalue weighted by atomic mass is 10.1. The van der Waals surface area contributed by atoms with Gasteiger partial charge in [0, 0.05) is 11.1 Å². The van der Waals surface area contributed by atoms with Gasteiger partial charge in [0.2, 0.25) is 0 Å². The molecule has 9 N–H and O–H groups in total. The average Bonchev–Trinajstić information content (AvgIpc) is 2.97. The first-order chi connectivity index (χ1) is 22.6. The Bertz CT molecular complexity index is 2750. The van der Waals surface area contributed by atoms with Crippen molar-refractivity contribution in [2.45, 2.75) is 19.6 Å². The van der Waals surface area contributed by atoms with Crippen LogP contribution in [-0.4, -0.2) is 57.0 Å². The summed E-state index contributed by atoms with van der Waals surface area (Å²) in [6.07, 6.45) is 0. The number of nitrogen functional groups attached to an aromatic ring is 2. The third kappa shape index (κ3) is 7.03. The van der Waals surface area contributed by atoms with Gasteiger partial charge in [-0.25, -0.2) is 0 Å². The van der Waals surface area contributed by atoms with Crippen molar-refractivity contribution in [1.29, 1.82) is 0 Å². The molecule has 0 bridgehead atoms. The van der Waals surface area contributed by atoms with Crippen molar-refractivity contribution < 1.29 is 57.0 Å². The monoisotopic (exact) mass is 752 g/mol. The number of nitrogens with two attached hydrogens (primary N) is 2. The third-order valence-electron chi connectivity index (χ3n) is 6.76. The largest absolute Gasteiger partial charge is 0.505 e. The van der Waals surface area contributed by atoms with Gasteiger partial charge in [-0.1, -0.05) is 18.2 Å². The van der Waals surface area contributed by atoms with E-state index in [0.717, 1.165) is 24.3 Å². The molecule has 19 nitrogen and oxygen atoms in total. The van der Waals surface area contributed by atoms with Crippen LogP contribution in [0.1, 0.15) is 0 Å². The normalized spacial score (nSPS) is 13.2. The molecule has 0 unspecified atom stereocenters. The lowest BCUT2D eigenvalue weighted by Crippen LogP contribution is -2.04. The fraction of sp³-hybridized carbons (Fsp3) is 0. The number of nitrogens with zero attached hydrogens (tertiary/aromatic N) is 4. The summed E-state index contributed by atoms with van der Waals surface area (Å²) < 4.78 is 136. The standard InChI is InChI=1S/C26H20N6O13S4/c27-14-5-7-19(47(37,38)39)17(10-14)30-32-25-21(49(43,44)45)9-13-8-20(48(40,41)42)24(23(28)22(13)26(25)33)31-29-15-6-4-12-2-1-3-18(16(12)11-15)46(34,35)36/h1-11,33H,27-28H2,(H,34,35,36)(H,37,38,39)(H,40,41,42)(H,43,44,45). The summed E-state index contributed by atoms with van der Waals surface area (Å²) in [6.45, 7) is 0. The highest BCUT2D eigenvalue weighted by molar-refractivity contribution is 7.86. The van der Waals surface area contributed by atoms with E-state index in [1.807, 2.05) is 0 Å². The van der Waals surface area contributed by atoms with Gasteiger partial charge < -0.3 is 16.6 Å². The highest BCUT2D eigenvalue weighted by Crippen LogP contribution is 2.48. The number of fused-ring (bicyclic) bond motifs is 2. The Morgan fingerprint density at radius 2 is 1.10 bits per heavy atom. The minimum atomic E-state index is -5.31. The smallest absolute Gasteiger partial charge is 0.296 e.